The highest BCUT2D eigenvalue weighted by molar-refractivity contribution is 5.59. The van der Waals surface area contributed by atoms with Gasteiger partial charge in [0.25, 0.3) is 0 Å². The minimum absolute atomic E-state index is 0.231. The Hall–Kier alpha value is -1.85. The highest BCUT2D eigenvalue weighted by atomic mass is 16.6. The highest BCUT2D eigenvalue weighted by Gasteiger charge is 2.43. The first-order chi connectivity index (χ1) is 11.6. The SMILES string of the molecule is O=c1nc(N=CN2CCOCC2)ccn1[C@@H]1O[C@H](CO)[C@@H](O)[C@@H]1O. The van der Waals surface area contributed by atoms with E-state index in [2.05, 4.69) is 9.98 Å². The summed E-state index contributed by atoms with van der Waals surface area (Å²) in [6.45, 7) is 2.25. The van der Waals surface area contributed by atoms with E-state index in [0.717, 1.165) is 17.7 Å². The molecule has 132 valence electrons. The fourth-order valence-corrected chi connectivity index (χ4v) is 2.61. The molecule has 0 aliphatic carbocycles. The minimum atomic E-state index is -1.33. The second-order valence-corrected chi connectivity index (χ2v) is 5.60. The zero-order valence-corrected chi connectivity index (χ0v) is 12.9. The molecule has 24 heavy (non-hydrogen) atoms. The molecule has 3 N–H and O–H groups in total. The molecule has 1 aromatic rings. The van der Waals surface area contributed by atoms with Crippen molar-refractivity contribution in [3.63, 3.8) is 0 Å². The quantitative estimate of drug-likeness (QED) is 0.418. The molecule has 0 radical (unpaired) electrons. The van der Waals surface area contributed by atoms with Gasteiger partial charge < -0.3 is 29.7 Å². The molecule has 0 spiro atoms. The lowest BCUT2D eigenvalue weighted by Gasteiger charge is -2.24. The van der Waals surface area contributed by atoms with Gasteiger partial charge in [-0.2, -0.15) is 4.98 Å². The molecule has 10 heteroatoms. The second kappa shape index (κ2) is 7.36. The summed E-state index contributed by atoms with van der Waals surface area (Å²) in [5, 5.41) is 28.8. The van der Waals surface area contributed by atoms with Crippen molar-refractivity contribution < 1.29 is 24.8 Å². The van der Waals surface area contributed by atoms with Crippen LogP contribution < -0.4 is 5.69 Å². The Labute approximate surface area is 137 Å². The molecule has 2 saturated heterocycles. The van der Waals surface area contributed by atoms with E-state index in [1.807, 2.05) is 4.90 Å². The molecule has 0 aromatic carbocycles. The number of ether oxygens (including phenoxy) is 2. The summed E-state index contributed by atoms with van der Waals surface area (Å²) in [6, 6.07) is 1.51. The van der Waals surface area contributed by atoms with E-state index in [1.54, 1.807) is 6.34 Å². The van der Waals surface area contributed by atoms with Gasteiger partial charge in [-0.15, -0.1) is 0 Å². The Morgan fingerprint density at radius 2 is 2.08 bits per heavy atom. The number of hydrogen-bond acceptors (Lipinski definition) is 8. The van der Waals surface area contributed by atoms with Gasteiger partial charge in [0.15, 0.2) is 12.0 Å². The molecule has 2 fully saturated rings. The van der Waals surface area contributed by atoms with Crippen LogP contribution in [0.25, 0.3) is 0 Å². The van der Waals surface area contributed by atoms with Crippen LogP contribution in [0.5, 0.6) is 0 Å². The predicted molar refractivity (Wildman–Crippen MR) is 82.1 cm³/mol. The molecule has 2 aliphatic rings. The number of aliphatic imine (C=N–C) groups is 1. The molecule has 1 aromatic heterocycles. The van der Waals surface area contributed by atoms with Crippen molar-refractivity contribution in [1.82, 2.24) is 14.5 Å². The smallest absolute Gasteiger partial charge is 0.351 e. The summed E-state index contributed by atoms with van der Waals surface area (Å²) in [7, 11) is 0. The van der Waals surface area contributed by atoms with E-state index in [9.17, 15) is 15.0 Å². The van der Waals surface area contributed by atoms with Crippen molar-refractivity contribution in [3.8, 4) is 0 Å². The maximum Gasteiger partial charge on any atom is 0.351 e. The van der Waals surface area contributed by atoms with Crippen LogP contribution in [0, 0.1) is 0 Å². The lowest BCUT2D eigenvalue weighted by molar-refractivity contribution is -0.0549. The molecule has 3 rings (SSSR count). The van der Waals surface area contributed by atoms with Crippen LogP contribution >= 0.6 is 0 Å². The predicted octanol–water partition coefficient (Wildman–Crippen LogP) is -2.15. The average molecular weight is 340 g/mol. The van der Waals surface area contributed by atoms with Crippen molar-refractivity contribution in [2.24, 2.45) is 4.99 Å². The fourth-order valence-electron chi connectivity index (χ4n) is 2.61. The molecule has 10 nitrogen and oxygen atoms in total. The molecule has 0 unspecified atom stereocenters. The molecule has 2 aliphatic heterocycles. The summed E-state index contributed by atoms with van der Waals surface area (Å²) in [4.78, 5) is 22.1. The lowest BCUT2D eigenvalue weighted by atomic mass is 10.1. The first kappa shape index (κ1) is 17.0. The second-order valence-electron chi connectivity index (χ2n) is 5.60. The van der Waals surface area contributed by atoms with E-state index in [-0.39, 0.29) is 5.82 Å². The van der Waals surface area contributed by atoms with Crippen LogP contribution in [-0.2, 0) is 9.47 Å². The maximum atomic E-state index is 12.1. The van der Waals surface area contributed by atoms with Gasteiger partial charge in [0, 0.05) is 19.3 Å². The van der Waals surface area contributed by atoms with Crippen LogP contribution in [0.15, 0.2) is 22.1 Å². The molecule has 4 atom stereocenters. The molecular formula is C14H20N4O6. The number of hydrogen-bond donors (Lipinski definition) is 3. The van der Waals surface area contributed by atoms with Crippen LogP contribution in [0.4, 0.5) is 5.82 Å². The Balaban J connectivity index is 1.73. The number of aliphatic hydroxyl groups is 3. The number of rotatable bonds is 4. The van der Waals surface area contributed by atoms with Crippen molar-refractivity contribution in [1.29, 1.82) is 0 Å². The minimum Gasteiger partial charge on any atom is -0.394 e. The lowest BCUT2D eigenvalue weighted by Crippen LogP contribution is -2.36. The topological polar surface area (TPSA) is 130 Å². The number of nitrogens with zero attached hydrogens (tertiary/aromatic N) is 4. The van der Waals surface area contributed by atoms with Crippen LogP contribution in [-0.4, -0.2) is 87.3 Å². The fraction of sp³-hybridized carbons (Fsp3) is 0.643. The number of morpholine rings is 1. The summed E-state index contributed by atoms with van der Waals surface area (Å²) in [6.07, 6.45) is -1.65. The van der Waals surface area contributed by atoms with Gasteiger partial charge in [-0.1, -0.05) is 0 Å². The highest BCUT2D eigenvalue weighted by Crippen LogP contribution is 2.28. The van der Waals surface area contributed by atoms with Crippen molar-refractivity contribution >= 4 is 12.2 Å². The zero-order valence-electron chi connectivity index (χ0n) is 12.9. The van der Waals surface area contributed by atoms with Crippen molar-refractivity contribution in [2.75, 3.05) is 32.9 Å². The summed E-state index contributed by atoms with van der Waals surface area (Å²) >= 11 is 0. The van der Waals surface area contributed by atoms with E-state index in [4.69, 9.17) is 14.6 Å². The van der Waals surface area contributed by atoms with Gasteiger partial charge in [0.05, 0.1) is 26.2 Å². The Bertz CT molecular complexity index is 644. The Kier molecular flexibility index (Phi) is 5.21. The van der Waals surface area contributed by atoms with Crippen molar-refractivity contribution in [3.05, 3.63) is 22.7 Å². The molecule has 3 heterocycles. The summed E-state index contributed by atoms with van der Waals surface area (Å²) in [5.41, 5.74) is -0.665. The third-order valence-corrected chi connectivity index (χ3v) is 4.01. The first-order valence-corrected chi connectivity index (χ1v) is 7.68. The molecule has 0 bridgehead atoms. The summed E-state index contributed by atoms with van der Waals surface area (Å²) < 4.78 is 11.6. The molecule has 0 saturated carbocycles. The van der Waals surface area contributed by atoms with E-state index >= 15 is 0 Å². The molecule has 0 amide bonds. The average Bonchev–Trinajstić information content (AvgIpc) is 2.89. The molecular weight excluding hydrogens is 320 g/mol. The van der Waals surface area contributed by atoms with Gasteiger partial charge >= 0.3 is 5.69 Å². The van der Waals surface area contributed by atoms with Gasteiger partial charge in [-0.25, -0.2) is 9.79 Å². The number of aliphatic hydroxyl groups excluding tert-OH is 3. The van der Waals surface area contributed by atoms with Gasteiger partial charge in [-0.3, -0.25) is 4.57 Å². The monoisotopic (exact) mass is 340 g/mol. The maximum absolute atomic E-state index is 12.1. The number of aromatic nitrogens is 2. The third kappa shape index (κ3) is 3.47. The van der Waals surface area contributed by atoms with Crippen molar-refractivity contribution in [2.45, 2.75) is 24.5 Å². The zero-order chi connectivity index (χ0) is 17.1. The van der Waals surface area contributed by atoms with E-state index < -0.39 is 36.8 Å². The van der Waals surface area contributed by atoms with Gasteiger partial charge in [0.2, 0.25) is 0 Å². The van der Waals surface area contributed by atoms with Crippen LogP contribution in [0.2, 0.25) is 0 Å². The standard InChI is InChI=1S/C14H20N4O6/c19-7-9-11(20)12(21)13(24-9)18-2-1-10(16-14(18)22)15-8-17-3-5-23-6-4-17/h1-2,8-9,11-13,19-21H,3-7H2/t9-,11-,12+,13-/m1/s1. The van der Waals surface area contributed by atoms with Gasteiger partial charge in [-0.05, 0) is 6.07 Å². The third-order valence-electron chi connectivity index (χ3n) is 4.01. The van der Waals surface area contributed by atoms with Crippen LogP contribution in [0.3, 0.4) is 0 Å². The first-order valence-electron chi connectivity index (χ1n) is 7.68. The van der Waals surface area contributed by atoms with E-state index in [0.29, 0.717) is 13.2 Å². The normalized spacial score (nSPS) is 31.0. The Morgan fingerprint density at radius 1 is 1.33 bits per heavy atom. The van der Waals surface area contributed by atoms with Crippen LogP contribution in [0.1, 0.15) is 6.23 Å². The summed E-state index contributed by atoms with van der Waals surface area (Å²) in [5.74, 6) is 0.231. The largest absolute Gasteiger partial charge is 0.394 e. The van der Waals surface area contributed by atoms with E-state index in [1.165, 1.54) is 12.3 Å². The Morgan fingerprint density at radius 3 is 2.71 bits per heavy atom. The van der Waals surface area contributed by atoms with Gasteiger partial charge in [0.1, 0.15) is 18.3 Å².